The molecule has 0 radical (unpaired) electrons. The van der Waals surface area contributed by atoms with Crippen LogP contribution in [0.15, 0.2) is 37.1 Å². The van der Waals surface area contributed by atoms with E-state index >= 15 is 0 Å². The second kappa shape index (κ2) is 4.76. The van der Waals surface area contributed by atoms with Crippen molar-refractivity contribution in [3.63, 3.8) is 0 Å². The Hall–Kier alpha value is -2.14. The molecule has 0 unspecified atom stereocenters. The van der Waals surface area contributed by atoms with Crippen LogP contribution in [0.1, 0.15) is 12.0 Å². The van der Waals surface area contributed by atoms with Gasteiger partial charge in [-0.15, -0.1) is 10.2 Å². The number of H-pyrrole nitrogens is 1. The molecule has 4 rings (SSSR count). The fourth-order valence-electron chi connectivity index (χ4n) is 2.86. The summed E-state index contributed by atoms with van der Waals surface area (Å²) in [6.45, 7) is 3.92. The topological polar surface area (TPSA) is 50.9 Å². The van der Waals surface area contributed by atoms with Gasteiger partial charge in [0.2, 0.25) is 0 Å². The minimum absolute atomic E-state index is 1.11. The van der Waals surface area contributed by atoms with Crippen LogP contribution in [0.2, 0.25) is 0 Å². The van der Waals surface area contributed by atoms with Gasteiger partial charge in [0.15, 0.2) is 0 Å². The first-order valence-electron chi connectivity index (χ1n) is 7.19. The van der Waals surface area contributed by atoms with Crippen LogP contribution < -0.4 is 4.90 Å². The number of fused-ring (bicyclic) bond motifs is 1. The lowest BCUT2D eigenvalue weighted by atomic mass is 10.1. The van der Waals surface area contributed by atoms with Crippen molar-refractivity contribution in [1.29, 1.82) is 0 Å². The monoisotopic (exact) mass is 268 g/mol. The molecule has 1 aliphatic heterocycles. The molecule has 20 heavy (non-hydrogen) atoms. The molecule has 0 amide bonds. The Morgan fingerprint density at radius 1 is 1.20 bits per heavy atom. The van der Waals surface area contributed by atoms with E-state index in [0.29, 0.717) is 0 Å². The first-order chi connectivity index (χ1) is 9.90. The maximum atomic E-state index is 3.87. The van der Waals surface area contributed by atoms with Gasteiger partial charge >= 0.3 is 0 Å². The van der Waals surface area contributed by atoms with Gasteiger partial charge in [0.1, 0.15) is 12.7 Å². The van der Waals surface area contributed by atoms with E-state index in [1.807, 2.05) is 4.57 Å². The zero-order valence-electron chi connectivity index (χ0n) is 11.3. The first-order valence-corrected chi connectivity index (χ1v) is 7.19. The van der Waals surface area contributed by atoms with Crippen LogP contribution in [0.25, 0.3) is 16.6 Å². The molecule has 0 atom stereocenters. The quantitative estimate of drug-likeness (QED) is 0.727. The van der Waals surface area contributed by atoms with E-state index in [9.17, 15) is 0 Å². The molecule has 3 heterocycles. The minimum atomic E-state index is 1.11. The van der Waals surface area contributed by atoms with Crippen molar-refractivity contribution >= 4 is 10.9 Å². The van der Waals surface area contributed by atoms with Gasteiger partial charge in [0, 0.05) is 35.6 Å². The van der Waals surface area contributed by atoms with Crippen molar-refractivity contribution in [3.8, 4) is 5.69 Å². The maximum absolute atomic E-state index is 3.87. The van der Waals surface area contributed by atoms with Gasteiger partial charge in [-0.1, -0.05) is 0 Å². The summed E-state index contributed by atoms with van der Waals surface area (Å²) >= 11 is 0. The standard InChI is InChI=1S/C15H17N5/c1-5-19(6-1)7-4-12-9-16-15-3-2-13(8-14(12)15)20-10-17-18-11-20/h2-3,8-11,16H,1,4-7H2/p+1. The van der Waals surface area contributed by atoms with Crippen molar-refractivity contribution in [3.05, 3.63) is 42.6 Å². The Kier molecular flexibility index (Phi) is 2.77. The highest BCUT2D eigenvalue weighted by Gasteiger charge is 2.18. The molecule has 2 N–H and O–H groups in total. The number of nitrogens with one attached hydrogen (secondary N) is 2. The molecule has 5 heteroatoms. The Bertz CT molecular complexity index is 709. The molecule has 0 bridgehead atoms. The highest BCUT2D eigenvalue weighted by atomic mass is 15.2. The number of rotatable bonds is 4. The molecular formula is C15H18N5+. The Morgan fingerprint density at radius 3 is 2.80 bits per heavy atom. The van der Waals surface area contributed by atoms with Gasteiger partial charge < -0.3 is 9.88 Å². The Morgan fingerprint density at radius 2 is 2.05 bits per heavy atom. The molecule has 0 saturated carbocycles. The Balaban J connectivity index is 1.65. The van der Waals surface area contributed by atoms with Crippen LogP contribution in [0.4, 0.5) is 0 Å². The van der Waals surface area contributed by atoms with Crippen LogP contribution in [0.5, 0.6) is 0 Å². The molecule has 2 aromatic heterocycles. The van der Waals surface area contributed by atoms with Gasteiger partial charge in [-0.25, -0.2) is 0 Å². The lowest BCUT2D eigenvalue weighted by molar-refractivity contribution is -0.938. The van der Waals surface area contributed by atoms with Crippen molar-refractivity contribution in [2.45, 2.75) is 12.8 Å². The summed E-state index contributed by atoms with van der Waals surface area (Å²) in [5, 5.41) is 9.05. The molecule has 3 aromatic rings. The first kappa shape index (κ1) is 11.7. The van der Waals surface area contributed by atoms with Crippen molar-refractivity contribution in [2.75, 3.05) is 19.6 Å². The van der Waals surface area contributed by atoms with Crippen molar-refractivity contribution in [2.24, 2.45) is 0 Å². The predicted octanol–water partition coefficient (Wildman–Crippen LogP) is 0.580. The van der Waals surface area contributed by atoms with E-state index in [1.54, 1.807) is 17.6 Å². The SMILES string of the molecule is c1cc2[nH]cc(CC[NH+]3CCC3)c2cc1-n1cnnc1. The molecule has 1 aromatic carbocycles. The number of hydrogen-bond acceptors (Lipinski definition) is 2. The molecule has 1 aliphatic rings. The molecule has 1 fully saturated rings. The number of hydrogen-bond donors (Lipinski definition) is 2. The highest BCUT2D eigenvalue weighted by molar-refractivity contribution is 5.85. The van der Waals surface area contributed by atoms with E-state index in [1.165, 1.54) is 42.5 Å². The highest BCUT2D eigenvalue weighted by Crippen LogP contribution is 2.21. The summed E-state index contributed by atoms with van der Waals surface area (Å²) in [5.74, 6) is 0. The number of nitrogens with zero attached hydrogens (tertiary/aromatic N) is 3. The fourth-order valence-corrected chi connectivity index (χ4v) is 2.86. The van der Waals surface area contributed by atoms with Gasteiger partial charge in [-0.3, -0.25) is 4.57 Å². The van der Waals surface area contributed by atoms with Crippen molar-refractivity contribution in [1.82, 2.24) is 19.7 Å². The van der Waals surface area contributed by atoms with Crippen LogP contribution in [0, 0.1) is 0 Å². The van der Waals surface area contributed by atoms with E-state index in [-0.39, 0.29) is 0 Å². The van der Waals surface area contributed by atoms with Crippen LogP contribution in [-0.4, -0.2) is 39.4 Å². The normalized spacial score (nSPS) is 15.6. The molecule has 102 valence electrons. The summed E-state index contributed by atoms with van der Waals surface area (Å²) in [6.07, 6.45) is 8.15. The molecular weight excluding hydrogens is 250 g/mol. The minimum Gasteiger partial charge on any atom is -0.361 e. The van der Waals surface area contributed by atoms with E-state index in [0.717, 1.165) is 12.1 Å². The Labute approximate surface area is 117 Å². The number of likely N-dealkylation sites (tertiary alicyclic amines) is 1. The average molecular weight is 268 g/mol. The summed E-state index contributed by atoms with van der Waals surface area (Å²) in [4.78, 5) is 5.10. The number of aromatic nitrogens is 4. The summed E-state index contributed by atoms with van der Waals surface area (Å²) < 4.78 is 1.94. The summed E-state index contributed by atoms with van der Waals surface area (Å²) in [5.41, 5.74) is 3.73. The van der Waals surface area contributed by atoms with E-state index in [2.05, 4.69) is 39.6 Å². The molecule has 1 saturated heterocycles. The predicted molar refractivity (Wildman–Crippen MR) is 77.1 cm³/mol. The van der Waals surface area contributed by atoms with Crippen LogP contribution in [-0.2, 0) is 6.42 Å². The summed E-state index contributed by atoms with van der Waals surface area (Å²) in [7, 11) is 0. The third kappa shape index (κ3) is 2.00. The zero-order valence-corrected chi connectivity index (χ0v) is 11.3. The second-order valence-electron chi connectivity index (χ2n) is 5.52. The second-order valence-corrected chi connectivity index (χ2v) is 5.52. The van der Waals surface area contributed by atoms with Gasteiger partial charge in [0.25, 0.3) is 0 Å². The fraction of sp³-hybridized carbons (Fsp3) is 0.333. The smallest absolute Gasteiger partial charge is 0.123 e. The van der Waals surface area contributed by atoms with Gasteiger partial charge in [-0.2, -0.15) is 0 Å². The van der Waals surface area contributed by atoms with Crippen LogP contribution in [0.3, 0.4) is 0 Å². The molecule has 0 aliphatic carbocycles. The van der Waals surface area contributed by atoms with E-state index < -0.39 is 0 Å². The largest absolute Gasteiger partial charge is 0.361 e. The molecule has 5 nitrogen and oxygen atoms in total. The van der Waals surface area contributed by atoms with E-state index in [4.69, 9.17) is 0 Å². The number of aromatic amines is 1. The lowest BCUT2D eigenvalue weighted by Gasteiger charge is -2.26. The zero-order chi connectivity index (χ0) is 13.4. The number of benzene rings is 1. The van der Waals surface area contributed by atoms with Gasteiger partial charge in [-0.05, 0) is 23.8 Å². The van der Waals surface area contributed by atoms with Crippen molar-refractivity contribution < 1.29 is 4.90 Å². The third-order valence-corrected chi connectivity index (χ3v) is 4.28. The van der Waals surface area contributed by atoms with Gasteiger partial charge in [0.05, 0.1) is 19.6 Å². The molecule has 0 spiro atoms. The lowest BCUT2D eigenvalue weighted by Crippen LogP contribution is -3.18. The maximum Gasteiger partial charge on any atom is 0.123 e. The van der Waals surface area contributed by atoms with Crippen LogP contribution >= 0.6 is 0 Å². The average Bonchev–Trinajstić information content (AvgIpc) is 3.05. The summed E-state index contributed by atoms with van der Waals surface area (Å²) in [6, 6.07) is 6.44. The number of quaternary nitrogens is 1. The third-order valence-electron chi connectivity index (χ3n) is 4.28.